The van der Waals surface area contributed by atoms with Gasteiger partial charge in [-0.05, 0) is 48.7 Å². The van der Waals surface area contributed by atoms with Crippen LogP contribution < -0.4 is 10.1 Å². The van der Waals surface area contributed by atoms with E-state index in [2.05, 4.69) is 5.32 Å². The molecule has 1 fully saturated rings. The van der Waals surface area contributed by atoms with E-state index in [-0.39, 0.29) is 35.4 Å². The Morgan fingerprint density at radius 2 is 1.89 bits per heavy atom. The second-order valence-corrected chi connectivity index (χ2v) is 6.78. The van der Waals surface area contributed by atoms with Crippen molar-refractivity contribution >= 4 is 29.2 Å². The highest BCUT2D eigenvalue weighted by Gasteiger charge is 2.33. The van der Waals surface area contributed by atoms with Crippen molar-refractivity contribution < 1.29 is 32.6 Å². The Morgan fingerprint density at radius 1 is 1.18 bits per heavy atom. The Labute approximate surface area is 163 Å². The summed E-state index contributed by atoms with van der Waals surface area (Å²) in [6.45, 7) is -0.157. The van der Waals surface area contributed by atoms with Crippen molar-refractivity contribution in [2.24, 2.45) is 5.92 Å². The van der Waals surface area contributed by atoms with Crippen molar-refractivity contribution in [3.05, 3.63) is 58.1 Å². The summed E-state index contributed by atoms with van der Waals surface area (Å²) in [7, 11) is 0. The molecule has 9 heteroatoms. The number of hydrogen-bond acceptors (Lipinski definition) is 3. The molecule has 0 unspecified atom stereocenters. The van der Waals surface area contributed by atoms with Crippen LogP contribution in [0.25, 0.3) is 0 Å². The number of aromatic carboxylic acids is 1. The minimum atomic E-state index is -4.62. The molecule has 1 aliphatic carbocycles. The first-order valence-corrected chi connectivity index (χ1v) is 8.69. The maximum Gasteiger partial charge on any atom is 0.417 e. The van der Waals surface area contributed by atoms with E-state index >= 15 is 0 Å². The van der Waals surface area contributed by atoms with Gasteiger partial charge in [-0.1, -0.05) is 17.7 Å². The summed E-state index contributed by atoms with van der Waals surface area (Å²) in [5.74, 6) is -1.61. The third kappa shape index (κ3) is 4.75. The largest absolute Gasteiger partial charge is 0.489 e. The number of carbonyl (C=O) groups is 2. The summed E-state index contributed by atoms with van der Waals surface area (Å²) in [6.07, 6.45) is -3.06. The lowest BCUT2D eigenvalue weighted by molar-refractivity contribution is -0.137. The monoisotopic (exact) mass is 413 g/mol. The molecular weight excluding hydrogens is 399 g/mol. The molecule has 3 rings (SSSR count). The normalized spacial score (nSPS) is 13.9. The molecule has 0 bridgehead atoms. The molecule has 1 aliphatic rings. The average molecular weight is 414 g/mol. The molecule has 1 amide bonds. The molecule has 1 saturated carbocycles. The fraction of sp³-hybridized carbons (Fsp3) is 0.263. The standard InChI is InChI=1S/C19H15ClF3NO4/c20-15-5-4-12(8-14(15)19(21,22)23)28-9-10-1-6-16(13(7-10)18(26)27)24-17(25)11-2-3-11/h1,4-8,11H,2-3,9H2,(H,24,25)(H,26,27). The predicted molar refractivity (Wildman–Crippen MR) is 95.5 cm³/mol. The van der Waals surface area contributed by atoms with E-state index < -0.39 is 22.7 Å². The SMILES string of the molecule is O=C(O)c1cc(COc2ccc(Cl)c(C(F)(F)F)c2)ccc1NC(=O)C1CC1. The number of benzene rings is 2. The molecule has 2 N–H and O–H groups in total. The fourth-order valence-corrected chi connectivity index (χ4v) is 2.75. The summed E-state index contributed by atoms with van der Waals surface area (Å²) >= 11 is 5.56. The molecule has 5 nitrogen and oxygen atoms in total. The van der Waals surface area contributed by atoms with Crippen LogP contribution in [0, 0.1) is 5.92 Å². The molecule has 28 heavy (non-hydrogen) atoms. The number of rotatable bonds is 6. The summed E-state index contributed by atoms with van der Waals surface area (Å²) in [5, 5.41) is 11.5. The van der Waals surface area contributed by atoms with Crippen LogP contribution in [0.1, 0.15) is 34.3 Å². The van der Waals surface area contributed by atoms with E-state index in [1.54, 1.807) is 0 Å². The van der Waals surface area contributed by atoms with Gasteiger partial charge in [0, 0.05) is 5.92 Å². The summed E-state index contributed by atoms with van der Waals surface area (Å²) in [4.78, 5) is 23.3. The van der Waals surface area contributed by atoms with Gasteiger partial charge in [0.1, 0.15) is 12.4 Å². The van der Waals surface area contributed by atoms with Crippen LogP contribution in [0.15, 0.2) is 36.4 Å². The molecule has 0 aliphatic heterocycles. The zero-order valence-corrected chi connectivity index (χ0v) is 15.1. The Kier molecular flexibility index (Phi) is 5.51. The lowest BCUT2D eigenvalue weighted by atomic mass is 10.1. The van der Waals surface area contributed by atoms with E-state index in [4.69, 9.17) is 16.3 Å². The number of carbonyl (C=O) groups excluding carboxylic acids is 1. The molecule has 0 heterocycles. The van der Waals surface area contributed by atoms with Crippen molar-refractivity contribution in [2.45, 2.75) is 25.6 Å². The molecule has 0 atom stereocenters. The van der Waals surface area contributed by atoms with Gasteiger partial charge in [-0.25, -0.2) is 4.79 Å². The Morgan fingerprint density at radius 3 is 2.50 bits per heavy atom. The molecule has 0 saturated heterocycles. The number of ether oxygens (including phenoxy) is 1. The summed E-state index contributed by atoms with van der Waals surface area (Å²) in [6, 6.07) is 7.44. The molecule has 2 aromatic carbocycles. The highest BCUT2D eigenvalue weighted by Crippen LogP contribution is 2.37. The van der Waals surface area contributed by atoms with Crippen molar-refractivity contribution in [3.8, 4) is 5.75 Å². The number of halogens is 4. The first-order chi connectivity index (χ1) is 13.1. The van der Waals surface area contributed by atoms with Gasteiger partial charge in [-0.2, -0.15) is 13.2 Å². The maximum atomic E-state index is 12.9. The molecule has 2 aromatic rings. The van der Waals surface area contributed by atoms with Gasteiger partial charge in [0.05, 0.1) is 21.8 Å². The van der Waals surface area contributed by atoms with Gasteiger partial charge < -0.3 is 15.2 Å². The van der Waals surface area contributed by atoms with Crippen LogP contribution in [0.3, 0.4) is 0 Å². The Hall–Kier alpha value is -2.74. The molecular formula is C19H15ClF3NO4. The number of nitrogens with one attached hydrogen (secondary N) is 1. The van der Waals surface area contributed by atoms with Crippen molar-refractivity contribution in [1.82, 2.24) is 0 Å². The van der Waals surface area contributed by atoms with E-state index in [0.29, 0.717) is 5.56 Å². The second-order valence-electron chi connectivity index (χ2n) is 6.38. The molecule has 0 spiro atoms. The van der Waals surface area contributed by atoms with E-state index in [1.165, 1.54) is 24.3 Å². The molecule has 0 radical (unpaired) electrons. The zero-order chi connectivity index (χ0) is 20.5. The number of anilines is 1. The lowest BCUT2D eigenvalue weighted by Gasteiger charge is -2.13. The van der Waals surface area contributed by atoms with Crippen molar-refractivity contribution in [3.63, 3.8) is 0 Å². The van der Waals surface area contributed by atoms with Gasteiger partial charge >= 0.3 is 12.1 Å². The molecule has 0 aromatic heterocycles. The fourth-order valence-electron chi connectivity index (χ4n) is 2.53. The van der Waals surface area contributed by atoms with Gasteiger partial charge in [0.25, 0.3) is 0 Å². The van der Waals surface area contributed by atoms with Crippen molar-refractivity contribution in [2.75, 3.05) is 5.32 Å². The summed E-state index contributed by atoms with van der Waals surface area (Å²) < 4.78 is 44.1. The number of alkyl halides is 3. The van der Waals surface area contributed by atoms with E-state index in [0.717, 1.165) is 25.0 Å². The van der Waals surface area contributed by atoms with Gasteiger partial charge in [-0.15, -0.1) is 0 Å². The van der Waals surface area contributed by atoms with Gasteiger partial charge in [0.2, 0.25) is 5.91 Å². The number of carboxylic acids is 1. The average Bonchev–Trinajstić information content (AvgIpc) is 3.46. The number of amides is 1. The third-order valence-corrected chi connectivity index (χ3v) is 4.50. The third-order valence-electron chi connectivity index (χ3n) is 4.17. The predicted octanol–water partition coefficient (Wildman–Crippen LogP) is 4.98. The highest BCUT2D eigenvalue weighted by atomic mass is 35.5. The van der Waals surface area contributed by atoms with Gasteiger partial charge in [0.15, 0.2) is 0 Å². The topological polar surface area (TPSA) is 75.6 Å². The van der Waals surface area contributed by atoms with E-state index in [9.17, 15) is 27.9 Å². The summed E-state index contributed by atoms with van der Waals surface area (Å²) in [5.41, 5.74) is -0.553. The Bertz CT molecular complexity index is 926. The van der Waals surface area contributed by atoms with E-state index in [1.807, 2.05) is 0 Å². The smallest absolute Gasteiger partial charge is 0.417 e. The maximum absolute atomic E-state index is 12.9. The first-order valence-electron chi connectivity index (χ1n) is 8.32. The minimum absolute atomic E-state index is 0.0558. The zero-order valence-electron chi connectivity index (χ0n) is 14.3. The number of hydrogen-bond donors (Lipinski definition) is 2. The quantitative estimate of drug-likeness (QED) is 0.700. The highest BCUT2D eigenvalue weighted by molar-refractivity contribution is 6.31. The van der Waals surface area contributed by atoms with Crippen LogP contribution in [-0.2, 0) is 17.6 Å². The van der Waals surface area contributed by atoms with Crippen LogP contribution in [0.5, 0.6) is 5.75 Å². The Balaban J connectivity index is 1.75. The lowest BCUT2D eigenvalue weighted by Crippen LogP contribution is -2.16. The van der Waals surface area contributed by atoms with Crippen LogP contribution >= 0.6 is 11.6 Å². The van der Waals surface area contributed by atoms with Gasteiger partial charge in [-0.3, -0.25) is 4.79 Å². The first kappa shape index (κ1) is 20.0. The minimum Gasteiger partial charge on any atom is -0.489 e. The van der Waals surface area contributed by atoms with Crippen LogP contribution in [0.4, 0.5) is 18.9 Å². The molecule has 148 valence electrons. The van der Waals surface area contributed by atoms with Crippen LogP contribution in [-0.4, -0.2) is 17.0 Å². The van der Waals surface area contributed by atoms with Crippen LogP contribution in [0.2, 0.25) is 5.02 Å². The second kappa shape index (κ2) is 7.71. The number of carboxylic acid groups (broad SMARTS) is 1. The van der Waals surface area contributed by atoms with Crippen molar-refractivity contribution in [1.29, 1.82) is 0 Å².